The van der Waals surface area contributed by atoms with Gasteiger partial charge in [0.15, 0.2) is 0 Å². The number of rotatable bonds is 5. The van der Waals surface area contributed by atoms with Crippen LogP contribution in [0.25, 0.3) is 11.4 Å². The van der Waals surface area contributed by atoms with E-state index in [9.17, 15) is 18.0 Å². The molecule has 0 unspecified atom stereocenters. The topological polar surface area (TPSA) is 74.5 Å². The minimum atomic E-state index is -4.84. The smallest absolute Gasteiger partial charge is 0.460 e. The van der Waals surface area contributed by atoms with Crippen LogP contribution in [0.2, 0.25) is 0 Å². The van der Waals surface area contributed by atoms with Gasteiger partial charge in [-0.05, 0) is 32.9 Å². The summed E-state index contributed by atoms with van der Waals surface area (Å²) >= 11 is 0. The van der Waals surface area contributed by atoms with Gasteiger partial charge in [-0.25, -0.2) is 0 Å². The van der Waals surface area contributed by atoms with Gasteiger partial charge < -0.3 is 14.0 Å². The van der Waals surface area contributed by atoms with Gasteiger partial charge in [-0.15, -0.1) is 13.2 Å². The highest BCUT2D eigenvalue weighted by Crippen LogP contribution is 2.33. The predicted molar refractivity (Wildman–Crippen MR) is 85.3 cm³/mol. The number of hydrogen-bond acceptors (Lipinski definition) is 6. The fourth-order valence-corrected chi connectivity index (χ4v) is 2.13. The third-order valence-corrected chi connectivity index (χ3v) is 3.11. The Hall–Kier alpha value is -2.58. The summed E-state index contributed by atoms with van der Waals surface area (Å²) in [6, 6.07) is 5.46. The summed E-state index contributed by atoms with van der Waals surface area (Å²) < 4.78 is 51.8. The van der Waals surface area contributed by atoms with Crippen LogP contribution in [0.1, 0.15) is 45.9 Å². The normalized spacial score (nSPS) is 13.3. The number of nitrogens with zero attached hydrogens (tertiary/aromatic N) is 2. The highest BCUT2D eigenvalue weighted by molar-refractivity contribution is 5.70. The van der Waals surface area contributed by atoms with Crippen molar-refractivity contribution in [3.63, 3.8) is 0 Å². The molecule has 1 aromatic heterocycles. The van der Waals surface area contributed by atoms with Gasteiger partial charge in [-0.1, -0.05) is 24.2 Å². The molecule has 1 heterocycles. The molecule has 0 bridgehead atoms. The maximum Gasteiger partial charge on any atom is 0.573 e. The first-order valence-corrected chi connectivity index (χ1v) is 7.85. The van der Waals surface area contributed by atoms with E-state index in [1.807, 2.05) is 0 Å². The van der Waals surface area contributed by atoms with Crippen molar-refractivity contribution in [2.75, 3.05) is 0 Å². The molecule has 0 spiro atoms. The van der Waals surface area contributed by atoms with Crippen LogP contribution < -0.4 is 4.74 Å². The zero-order valence-electron chi connectivity index (χ0n) is 14.8. The van der Waals surface area contributed by atoms with E-state index in [1.54, 1.807) is 27.7 Å². The lowest BCUT2D eigenvalue weighted by Crippen LogP contribution is -2.24. The molecule has 2 aromatic rings. The molecule has 1 atom stereocenters. The SMILES string of the molecule is C[C@H](CC(=O)OC(C)(C)C)c1nc(-c2ccccc2OC(F)(F)F)no1. The molecule has 0 fully saturated rings. The second-order valence-electron chi connectivity index (χ2n) is 6.69. The summed E-state index contributed by atoms with van der Waals surface area (Å²) in [7, 11) is 0. The van der Waals surface area contributed by atoms with Crippen molar-refractivity contribution in [1.29, 1.82) is 0 Å². The molecule has 0 aliphatic carbocycles. The van der Waals surface area contributed by atoms with Crippen molar-refractivity contribution in [3.8, 4) is 17.1 Å². The molecule has 26 heavy (non-hydrogen) atoms. The summed E-state index contributed by atoms with van der Waals surface area (Å²) in [4.78, 5) is 16.0. The maximum absolute atomic E-state index is 12.5. The Kier molecular flexibility index (Phi) is 5.58. The molecule has 6 nitrogen and oxygen atoms in total. The van der Waals surface area contributed by atoms with Gasteiger partial charge in [-0.2, -0.15) is 4.98 Å². The van der Waals surface area contributed by atoms with E-state index in [0.717, 1.165) is 6.07 Å². The molecular formula is C17H19F3N2O4. The lowest BCUT2D eigenvalue weighted by atomic mass is 10.1. The van der Waals surface area contributed by atoms with Crippen molar-refractivity contribution in [2.24, 2.45) is 0 Å². The van der Waals surface area contributed by atoms with E-state index >= 15 is 0 Å². The predicted octanol–water partition coefficient (Wildman–Crippen LogP) is 4.47. The van der Waals surface area contributed by atoms with E-state index in [-0.39, 0.29) is 23.7 Å². The Morgan fingerprint density at radius 3 is 2.50 bits per heavy atom. The molecule has 0 saturated carbocycles. The molecule has 0 amide bonds. The summed E-state index contributed by atoms with van der Waals surface area (Å²) in [5, 5.41) is 3.69. The Bertz CT molecular complexity index is 766. The van der Waals surface area contributed by atoms with Gasteiger partial charge in [0.25, 0.3) is 0 Å². The van der Waals surface area contributed by atoms with Gasteiger partial charge >= 0.3 is 12.3 Å². The van der Waals surface area contributed by atoms with Crippen LogP contribution in [0, 0.1) is 0 Å². The van der Waals surface area contributed by atoms with E-state index in [4.69, 9.17) is 9.26 Å². The van der Waals surface area contributed by atoms with E-state index in [2.05, 4.69) is 14.9 Å². The van der Waals surface area contributed by atoms with Crippen molar-refractivity contribution in [1.82, 2.24) is 10.1 Å². The Morgan fingerprint density at radius 1 is 1.23 bits per heavy atom. The second kappa shape index (κ2) is 7.35. The van der Waals surface area contributed by atoms with Crippen LogP contribution in [-0.4, -0.2) is 28.1 Å². The monoisotopic (exact) mass is 372 g/mol. The Morgan fingerprint density at radius 2 is 1.88 bits per heavy atom. The molecule has 142 valence electrons. The molecule has 0 radical (unpaired) electrons. The van der Waals surface area contributed by atoms with Crippen molar-refractivity contribution >= 4 is 5.97 Å². The lowest BCUT2D eigenvalue weighted by Gasteiger charge is -2.20. The number of carbonyl (C=O) groups is 1. The second-order valence-corrected chi connectivity index (χ2v) is 6.69. The Labute approximate surface area is 148 Å². The summed E-state index contributed by atoms with van der Waals surface area (Å²) in [6.45, 7) is 6.92. The molecule has 0 aliphatic heterocycles. The minimum absolute atomic E-state index is 0.000396. The van der Waals surface area contributed by atoms with Gasteiger partial charge in [0.2, 0.25) is 11.7 Å². The van der Waals surface area contributed by atoms with Crippen LogP contribution in [0.3, 0.4) is 0 Å². The molecule has 9 heteroatoms. The number of carbonyl (C=O) groups excluding carboxylic acids is 1. The number of alkyl halides is 3. The highest BCUT2D eigenvalue weighted by atomic mass is 19.4. The van der Waals surface area contributed by atoms with E-state index in [1.165, 1.54) is 18.2 Å². The molecule has 1 aromatic carbocycles. The number of hydrogen-bond donors (Lipinski definition) is 0. The van der Waals surface area contributed by atoms with Gasteiger partial charge in [-0.3, -0.25) is 4.79 Å². The standard InChI is InChI=1S/C17H19F3N2O4/c1-10(9-13(23)25-16(2,3)4)15-21-14(22-26-15)11-7-5-6-8-12(11)24-17(18,19)20/h5-8,10H,9H2,1-4H3/t10-/m1/s1. The van der Waals surface area contributed by atoms with Crippen LogP contribution in [0.15, 0.2) is 28.8 Å². The molecule has 0 aliphatic rings. The van der Waals surface area contributed by atoms with Crippen LogP contribution in [0.5, 0.6) is 5.75 Å². The summed E-state index contributed by atoms with van der Waals surface area (Å²) in [5.74, 6) is -1.27. The van der Waals surface area contributed by atoms with Gasteiger partial charge in [0.05, 0.1) is 12.0 Å². The van der Waals surface area contributed by atoms with E-state index in [0.29, 0.717) is 0 Å². The fraction of sp³-hybridized carbons (Fsp3) is 0.471. The number of para-hydroxylation sites is 1. The van der Waals surface area contributed by atoms with Crippen molar-refractivity contribution < 1.29 is 32.0 Å². The number of esters is 1. The summed E-state index contributed by atoms with van der Waals surface area (Å²) in [5.41, 5.74) is -0.589. The highest BCUT2D eigenvalue weighted by Gasteiger charge is 2.33. The van der Waals surface area contributed by atoms with Crippen LogP contribution >= 0.6 is 0 Å². The van der Waals surface area contributed by atoms with Gasteiger partial charge in [0.1, 0.15) is 11.4 Å². The average molecular weight is 372 g/mol. The number of benzene rings is 1. The average Bonchev–Trinajstić information content (AvgIpc) is 2.93. The quantitative estimate of drug-likeness (QED) is 0.721. The fourth-order valence-electron chi connectivity index (χ4n) is 2.13. The van der Waals surface area contributed by atoms with Gasteiger partial charge in [0, 0.05) is 5.92 Å². The molecule has 0 saturated heterocycles. The number of ether oxygens (including phenoxy) is 2. The number of aromatic nitrogens is 2. The van der Waals surface area contributed by atoms with Crippen LogP contribution in [-0.2, 0) is 9.53 Å². The third kappa shape index (κ3) is 5.75. The number of halogens is 3. The van der Waals surface area contributed by atoms with Crippen molar-refractivity contribution in [2.45, 2.75) is 52.0 Å². The van der Waals surface area contributed by atoms with Crippen molar-refractivity contribution in [3.05, 3.63) is 30.2 Å². The molecule has 0 N–H and O–H groups in total. The van der Waals surface area contributed by atoms with E-state index < -0.39 is 29.6 Å². The lowest BCUT2D eigenvalue weighted by molar-refractivity contribution is -0.274. The third-order valence-electron chi connectivity index (χ3n) is 3.11. The largest absolute Gasteiger partial charge is 0.573 e. The first-order valence-electron chi connectivity index (χ1n) is 7.85. The molecule has 2 rings (SSSR count). The minimum Gasteiger partial charge on any atom is -0.460 e. The summed E-state index contributed by atoms with van der Waals surface area (Å²) in [6.07, 6.45) is -4.84. The first-order chi connectivity index (χ1) is 11.9. The first kappa shape index (κ1) is 19.7. The van der Waals surface area contributed by atoms with Crippen LogP contribution in [0.4, 0.5) is 13.2 Å². The zero-order valence-corrected chi connectivity index (χ0v) is 14.8. The zero-order chi connectivity index (χ0) is 19.5. The molecular weight excluding hydrogens is 353 g/mol. The maximum atomic E-state index is 12.5. The Balaban J connectivity index is 2.16.